The van der Waals surface area contributed by atoms with E-state index in [4.69, 9.17) is 0 Å². The Bertz CT molecular complexity index is 419. The van der Waals surface area contributed by atoms with Crippen molar-refractivity contribution in [1.29, 1.82) is 0 Å². The Morgan fingerprint density at radius 3 is 2.95 bits per heavy atom. The van der Waals surface area contributed by atoms with Gasteiger partial charge >= 0.3 is 0 Å². The molecule has 1 fully saturated rings. The smallest absolute Gasteiger partial charge is 0.232 e. The van der Waals surface area contributed by atoms with E-state index >= 15 is 0 Å². The quantitative estimate of drug-likeness (QED) is 0.873. The van der Waals surface area contributed by atoms with Crippen molar-refractivity contribution in [3.63, 3.8) is 0 Å². The summed E-state index contributed by atoms with van der Waals surface area (Å²) in [7, 11) is 1.89. The highest BCUT2D eigenvalue weighted by Gasteiger charge is 2.17. The topological polar surface area (TPSA) is 32.3 Å². The van der Waals surface area contributed by atoms with E-state index in [2.05, 4.69) is 32.7 Å². The number of hydrogen-bond acceptors (Lipinski definition) is 4. The van der Waals surface area contributed by atoms with E-state index in [9.17, 15) is 4.79 Å². The average molecular weight is 363 g/mol. The van der Waals surface area contributed by atoms with Crippen LogP contribution in [0.1, 0.15) is 18.4 Å². The molecular weight excluding hydrogens is 344 g/mol. The van der Waals surface area contributed by atoms with E-state index in [0.29, 0.717) is 17.5 Å². The summed E-state index contributed by atoms with van der Waals surface area (Å²) >= 11 is 6.92. The predicted octanol–water partition coefficient (Wildman–Crippen LogP) is 2.95. The van der Waals surface area contributed by atoms with Crippen molar-refractivity contribution in [3.8, 4) is 0 Å². The minimum absolute atomic E-state index is 0.228. The molecule has 0 aromatic carbocycles. The summed E-state index contributed by atoms with van der Waals surface area (Å²) in [6.45, 7) is 2.88. The number of thiophene rings is 1. The van der Waals surface area contributed by atoms with E-state index < -0.39 is 0 Å². The summed E-state index contributed by atoms with van der Waals surface area (Å²) in [6, 6.07) is 2.08. The molecule has 0 atom stereocenters. The molecule has 1 aliphatic heterocycles. The maximum absolute atomic E-state index is 12.1. The summed E-state index contributed by atoms with van der Waals surface area (Å²) in [5.41, 5.74) is 1.19. The Morgan fingerprint density at radius 1 is 1.58 bits per heavy atom. The lowest BCUT2D eigenvalue weighted by atomic mass is 10.2. The van der Waals surface area contributed by atoms with Crippen molar-refractivity contribution in [2.24, 2.45) is 0 Å². The minimum Gasteiger partial charge on any atom is -0.341 e. The number of carbonyl (C=O) groups excluding carboxylic acids is 1. The molecule has 1 aromatic heterocycles. The van der Waals surface area contributed by atoms with Gasteiger partial charge < -0.3 is 10.2 Å². The molecule has 1 saturated heterocycles. The van der Waals surface area contributed by atoms with Gasteiger partial charge in [-0.1, -0.05) is 0 Å². The van der Waals surface area contributed by atoms with Crippen molar-refractivity contribution in [3.05, 3.63) is 20.8 Å². The predicted molar refractivity (Wildman–Crippen MR) is 86.8 cm³/mol. The SMILES string of the molecule is CN(Cc1csc(Br)c1)C(=O)CSC1CCNCC1. The molecule has 0 radical (unpaired) electrons. The van der Waals surface area contributed by atoms with E-state index in [-0.39, 0.29) is 5.91 Å². The zero-order valence-corrected chi connectivity index (χ0v) is 14.2. The van der Waals surface area contributed by atoms with Crippen LogP contribution in [-0.2, 0) is 11.3 Å². The number of nitrogens with zero attached hydrogens (tertiary/aromatic N) is 1. The van der Waals surface area contributed by atoms with Crippen molar-refractivity contribution in [2.75, 3.05) is 25.9 Å². The molecular formula is C13H19BrN2OS2. The van der Waals surface area contributed by atoms with Gasteiger partial charge in [-0.25, -0.2) is 0 Å². The molecule has 2 rings (SSSR count). The zero-order chi connectivity index (χ0) is 13.7. The number of nitrogens with one attached hydrogen (secondary N) is 1. The van der Waals surface area contributed by atoms with E-state index in [1.54, 1.807) is 11.3 Å². The number of amides is 1. The van der Waals surface area contributed by atoms with Gasteiger partial charge in [0.05, 0.1) is 9.54 Å². The van der Waals surface area contributed by atoms with Gasteiger partial charge in [-0.3, -0.25) is 4.79 Å². The van der Waals surface area contributed by atoms with Gasteiger partial charge in [-0.05, 0) is 58.9 Å². The first-order chi connectivity index (χ1) is 9.15. The van der Waals surface area contributed by atoms with Crippen LogP contribution in [0.2, 0.25) is 0 Å². The highest BCUT2D eigenvalue weighted by atomic mass is 79.9. The van der Waals surface area contributed by atoms with Gasteiger partial charge in [-0.15, -0.1) is 23.1 Å². The van der Waals surface area contributed by atoms with E-state index in [1.165, 1.54) is 18.4 Å². The van der Waals surface area contributed by atoms with Crippen LogP contribution in [-0.4, -0.2) is 41.9 Å². The highest BCUT2D eigenvalue weighted by molar-refractivity contribution is 9.11. The fourth-order valence-electron chi connectivity index (χ4n) is 2.05. The molecule has 6 heteroatoms. The zero-order valence-electron chi connectivity index (χ0n) is 11.0. The number of halogens is 1. The molecule has 1 N–H and O–H groups in total. The fraction of sp³-hybridized carbons (Fsp3) is 0.615. The van der Waals surface area contributed by atoms with Crippen LogP contribution in [0.4, 0.5) is 0 Å². The first kappa shape index (κ1) is 15.4. The number of thioether (sulfide) groups is 1. The van der Waals surface area contributed by atoms with Crippen LogP contribution in [0, 0.1) is 0 Å². The third-order valence-corrected chi connectivity index (χ3v) is 6.11. The Kier molecular flexibility index (Phi) is 6.19. The molecule has 0 saturated carbocycles. The molecule has 0 unspecified atom stereocenters. The first-order valence-corrected chi connectivity index (χ1v) is 9.16. The molecule has 2 heterocycles. The largest absolute Gasteiger partial charge is 0.341 e. The lowest BCUT2D eigenvalue weighted by molar-refractivity contribution is -0.127. The van der Waals surface area contributed by atoms with Crippen molar-refractivity contribution in [2.45, 2.75) is 24.6 Å². The molecule has 19 heavy (non-hydrogen) atoms. The third kappa shape index (κ3) is 5.10. The lowest BCUT2D eigenvalue weighted by Gasteiger charge is -2.23. The Hall–Kier alpha value is -0.0400. The molecule has 0 aliphatic carbocycles. The maximum Gasteiger partial charge on any atom is 0.232 e. The summed E-state index contributed by atoms with van der Waals surface area (Å²) in [6.07, 6.45) is 2.36. The first-order valence-electron chi connectivity index (χ1n) is 6.44. The van der Waals surface area contributed by atoms with Gasteiger partial charge in [0.25, 0.3) is 0 Å². The monoisotopic (exact) mass is 362 g/mol. The summed E-state index contributed by atoms with van der Waals surface area (Å²) in [4.78, 5) is 13.9. The van der Waals surface area contributed by atoms with Gasteiger partial charge in [0, 0.05) is 18.8 Å². The van der Waals surface area contributed by atoms with Crippen LogP contribution < -0.4 is 5.32 Å². The van der Waals surface area contributed by atoms with Crippen molar-refractivity contribution >= 4 is 44.9 Å². The van der Waals surface area contributed by atoms with Gasteiger partial charge in [0.15, 0.2) is 0 Å². The van der Waals surface area contributed by atoms with Crippen LogP contribution >= 0.6 is 39.0 Å². The standard InChI is InChI=1S/C13H19BrN2OS2/c1-16(7-10-6-12(14)19-8-10)13(17)9-18-11-2-4-15-5-3-11/h6,8,11,15H,2-5,7,9H2,1H3. The van der Waals surface area contributed by atoms with Crippen LogP contribution in [0.5, 0.6) is 0 Å². The molecule has 3 nitrogen and oxygen atoms in total. The third-order valence-electron chi connectivity index (χ3n) is 3.20. The van der Waals surface area contributed by atoms with E-state index in [0.717, 1.165) is 16.9 Å². The molecule has 1 aliphatic rings. The molecule has 1 amide bonds. The second-order valence-corrected chi connectivity index (χ2v) is 8.35. The maximum atomic E-state index is 12.1. The van der Waals surface area contributed by atoms with E-state index in [1.807, 2.05) is 23.7 Å². The summed E-state index contributed by atoms with van der Waals surface area (Å²) < 4.78 is 1.12. The number of rotatable bonds is 5. The highest BCUT2D eigenvalue weighted by Crippen LogP contribution is 2.23. The summed E-state index contributed by atoms with van der Waals surface area (Å²) in [5, 5.41) is 6.09. The molecule has 0 spiro atoms. The lowest BCUT2D eigenvalue weighted by Crippen LogP contribution is -2.32. The number of hydrogen-bond donors (Lipinski definition) is 1. The van der Waals surface area contributed by atoms with Crippen LogP contribution in [0.3, 0.4) is 0 Å². The van der Waals surface area contributed by atoms with Gasteiger partial charge in [0.2, 0.25) is 5.91 Å². The Morgan fingerprint density at radius 2 is 2.32 bits per heavy atom. The number of piperidine rings is 1. The van der Waals surface area contributed by atoms with Gasteiger partial charge in [0.1, 0.15) is 0 Å². The second-order valence-electron chi connectivity index (χ2n) is 4.77. The number of carbonyl (C=O) groups is 1. The summed E-state index contributed by atoms with van der Waals surface area (Å²) in [5.74, 6) is 0.831. The van der Waals surface area contributed by atoms with Gasteiger partial charge in [-0.2, -0.15) is 0 Å². The molecule has 106 valence electrons. The Labute approximate surface area is 131 Å². The fourth-order valence-corrected chi connectivity index (χ4v) is 4.42. The minimum atomic E-state index is 0.228. The van der Waals surface area contributed by atoms with Crippen LogP contribution in [0.15, 0.2) is 15.2 Å². The molecule has 0 bridgehead atoms. The van der Waals surface area contributed by atoms with Crippen molar-refractivity contribution < 1.29 is 4.79 Å². The Balaban J connectivity index is 1.72. The normalized spacial score (nSPS) is 16.5. The molecule has 1 aromatic rings. The average Bonchev–Trinajstić information content (AvgIpc) is 2.82. The second kappa shape index (κ2) is 7.67. The van der Waals surface area contributed by atoms with Crippen molar-refractivity contribution in [1.82, 2.24) is 10.2 Å². The van der Waals surface area contributed by atoms with Crippen LogP contribution in [0.25, 0.3) is 0 Å².